The molecule has 10 nitrogen and oxygen atoms in total. The Bertz CT molecular complexity index is 1300. The highest BCUT2D eigenvalue weighted by molar-refractivity contribution is 5.94. The molecular formula is C24H28FN5O5. The molecule has 3 heterocycles. The minimum atomic E-state index is -1.13. The van der Waals surface area contributed by atoms with Crippen LogP contribution in [0.15, 0.2) is 30.6 Å². The second kappa shape index (κ2) is 8.71. The van der Waals surface area contributed by atoms with Gasteiger partial charge in [-0.15, -0.1) is 0 Å². The Balaban J connectivity index is 1.53. The smallest absolute Gasteiger partial charge is 0.407 e. The van der Waals surface area contributed by atoms with Gasteiger partial charge in [-0.05, 0) is 52.8 Å². The number of halogens is 1. The van der Waals surface area contributed by atoms with Crippen molar-refractivity contribution in [2.24, 2.45) is 0 Å². The molecule has 2 atom stereocenters. The number of nitrogens with zero attached hydrogens (tertiary/aromatic N) is 3. The molecule has 1 aliphatic rings. The third-order valence-corrected chi connectivity index (χ3v) is 5.51. The Morgan fingerprint density at radius 2 is 2.11 bits per heavy atom. The predicted octanol–water partition coefficient (Wildman–Crippen LogP) is 3.96. The zero-order valence-electron chi connectivity index (χ0n) is 20.2. The Morgan fingerprint density at radius 1 is 1.37 bits per heavy atom. The fourth-order valence-electron chi connectivity index (χ4n) is 4.01. The molecule has 186 valence electrons. The molecule has 11 heteroatoms. The maximum atomic E-state index is 14.5. The summed E-state index contributed by atoms with van der Waals surface area (Å²) in [5.41, 5.74) is 0.0261. The molecule has 35 heavy (non-hydrogen) atoms. The summed E-state index contributed by atoms with van der Waals surface area (Å²) in [7, 11) is 0. The van der Waals surface area contributed by atoms with E-state index < -0.39 is 35.1 Å². The van der Waals surface area contributed by atoms with Crippen LogP contribution in [0.3, 0.4) is 0 Å². The zero-order chi connectivity index (χ0) is 25.5. The molecule has 3 N–H and O–H groups in total. The molecule has 1 aromatic carbocycles. The van der Waals surface area contributed by atoms with Gasteiger partial charge in [0.25, 0.3) is 0 Å². The average molecular weight is 486 g/mol. The molecule has 0 aliphatic carbocycles. The molecular weight excluding hydrogens is 457 g/mol. The Hall–Kier alpha value is -3.89. The number of aromatic nitrogens is 3. The summed E-state index contributed by atoms with van der Waals surface area (Å²) in [5.74, 6) is -0.601. The number of benzene rings is 1. The molecule has 3 aromatic rings. The quantitative estimate of drug-likeness (QED) is 0.479. The summed E-state index contributed by atoms with van der Waals surface area (Å²) < 4.78 is 27.4. The number of hydrogen-bond donors (Lipinski definition) is 3. The zero-order valence-corrected chi connectivity index (χ0v) is 20.2. The second-order valence-corrected chi connectivity index (χ2v) is 9.88. The number of carboxylic acid groups (broad SMARTS) is 1. The van der Waals surface area contributed by atoms with Gasteiger partial charge in [0.05, 0.1) is 18.8 Å². The molecule has 0 radical (unpaired) electrons. The number of carbonyl (C=O) groups is 2. The van der Waals surface area contributed by atoms with Crippen LogP contribution in [0.25, 0.3) is 5.65 Å². The second-order valence-electron chi connectivity index (χ2n) is 9.88. The lowest BCUT2D eigenvalue weighted by Crippen LogP contribution is -2.45. The van der Waals surface area contributed by atoms with Gasteiger partial charge in [-0.3, -0.25) is 0 Å². The summed E-state index contributed by atoms with van der Waals surface area (Å²) in [6.45, 7) is 9.18. The molecule has 2 aromatic heterocycles. The fraction of sp³-hybridized carbons (Fsp3) is 0.417. The van der Waals surface area contributed by atoms with E-state index in [9.17, 15) is 19.1 Å². The number of alkyl carbamates (subject to hydrolysis) is 1. The monoisotopic (exact) mass is 485 g/mol. The van der Waals surface area contributed by atoms with Gasteiger partial charge in [0, 0.05) is 23.7 Å². The maximum absolute atomic E-state index is 14.5. The predicted molar refractivity (Wildman–Crippen MR) is 125 cm³/mol. The maximum Gasteiger partial charge on any atom is 0.407 e. The number of fused-ring (bicyclic) bond motifs is 2. The summed E-state index contributed by atoms with van der Waals surface area (Å²) in [6.07, 6.45) is 2.67. The normalized spacial score (nSPS) is 18.0. The van der Waals surface area contributed by atoms with E-state index in [1.807, 2.05) is 13.8 Å². The highest BCUT2D eigenvalue weighted by atomic mass is 19.1. The SMILES string of the molecule is C[C@@H](Nc1ccn2ncc(C(=O)O)c2n1)c1cc(F)cc2c1O[C@](C)(CNC(=O)OC(C)(C)C)C2. The number of carboxylic acids is 1. The molecule has 0 bridgehead atoms. The van der Waals surface area contributed by atoms with Crippen molar-refractivity contribution in [1.29, 1.82) is 0 Å². The number of ether oxygens (including phenoxy) is 2. The van der Waals surface area contributed by atoms with Gasteiger partial charge in [-0.2, -0.15) is 5.10 Å². The van der Waals surface area contributed by atoms with Gasteiger partial charge >= 0.3 is 12.1 Å². The first-order valence-electron chi connectivity index (χ1n) is 11.2. The summed E-state index contributed by atoms with van der Waals surface area (Å²) >= 11 is 0. The van der Waals surface area contributed by atoms with Crippen LogP contribution < -0.4 is 15.4 Å². The van der Waals surface area contributed by atoms with Crippen LogP contribution in [0, 0.1) is 5.82 Å². The van der Waals surface area contributed by atoms with E-state index in [0.717, 1.165) is 0 Å². The summed E-state index contributed by atoms with van der Waals surface area (Å²) in [6, 6.07) is 4.05. The van der Waals surface area contributed by atoms with Crippen molar-refractivity contribution >= 4 is 23.5 Å². The van der Waals surface area contributed by atoms with E-state index in [1.54, 1.807) is 33.0 Å². The van der Waals surface area contributed by atoms with E-state index in [1.165, 1.54) is 22.8 Å². The van der Waals surface area contributed by atoms with Gasteiger partial charge < -0.3 is 25.2 Å². The largest absolute Gasteiger partial charge is 0.485 e. The van der Waals surface area contributed by atoms with Gasteiger partial charge in [-0.25, -0.2) is 23.5 Å². The number of hydrogen-bond acceptors (Lipinski definition) is 7. The fourth-order valence-corrected chi connectivity index (χ4v) is 4.01. The van der Waals surface area contributed by atoms with Crippen LogP contribution in [0.4, 0.5) is 15.0 Å². The van der Waals surface area contributed by atoms with Crippen LogP contribution in [0.2, 0.25) is 0 Å². The van der Waals surface area contributed by atoms with Crippen molar-refractivity contribution in [3.05, 3.63) is 53.1 Å². The van der Waals surface area contributed by atoms with Crippen LogP contribution in [0.5, 0.6) is 5.75 Å². The van der Waals surface area contributed by atoms with Crippen LogP contribution >= 0.6 is 0 Å². The molecule has 0 unspecified atom stereocenters. The number of carbonyl (C=O) groups excluding carboxylic acids is 1. The van der Waals surface area contributed by atoms with E-state index in [-0.39, 0.29) is 17.8 Å². The first-order valence-corrected chi connectivity index (χ1v) is 11.2. The Morgan fingerprint density at radius 3 is 2.80 bits per heavy atom. The van der Waals surface area contributed by atoms with Crippen molar-refractivity contribution in [2.45, 2.75) is 58.3 Å². The van der Waals surface area contributed by atoms with E-state index >= 15 is 0 Å². The topological polar surface area (TPSA) is 127 Å². The molecule has 4 rings (SSSR count). The average Bonchev–Trinajstić information content (AvgIpc) is 3.31. The number of aromatic carboxylic acids is 1. The van der Waals surface area contributed by atoms with Crippen molar-refractivity contribution in [2.75, 3.05) is 11.9 Å². The molecule has 0 saturated carbocycles. The molecule has 0 saturated heterocycles. The number of anilines is 1. The van der Waals surface area contributed by atoms with Gasteiger partial charge in [0.2, 0.25) is 0 Å². The third-order valence-electron chi connectivity index (χ3n) is 5.51. The van der Waals surface area contributed by atoms with Gasteiger partial charge in [-0.1, -0.05) is 0 Å². The lowest BCUT2D eigenvalue weighted by molar-refractivity contribution is 0.0447. The molecule has 1 aliphatic heterocycles. The highest BCUT2D eigenvalue weighted by Gasteiger charge is 2.38. The first kappa shape index (κ1) is 24.2. The van der Waals surface area contributed by atoms with E-state index in [0.29, 0.717) is 29.1 Å². The number of amides is 1. The number of rotatable bonds is 6. The Labute approximate surface area is 201 Å². The van der Waals surface area contributed by atoms with Crippen LogP contribution in [-0.4, -0.2) is 49.5 Å². The van der Waals surface area contributed by atoms with Crippen molar-refractivity contribution < 1.29 is 28.6 Å². The van der Waals surface area contributed by atoms with Crippen LogP contribution in [-0.2, 0) is 11.2 Å². The van der Waals surface area contributed by atoms with Gasteiger partial charge in [0.15, 0.2) is 5.65 Å². The van der Waals surface area contributed by atoms with Crippen molar-refractivity contribution in [3.63, 3.8) is 0 Å². The third kappa shape index (κ3) is 5.28. The van der Waals surface area contributed by atoms with Crippen molar-refractivity contribution in [1.82, 2.24) is 19.9 Å². The highest BCUT2D eigenvalue weighted by Crippen LogP contribution is 2.41. The lowest BCUT2D eigenvalue weighted by atomic mass is 9.97. The number of nitrogens with one attached hydrogen (secondary N) is 2. The Kier molecular flexibility index (Phi) is 6.04. The minimum Gasteiger partial charge on any atom is -0.485 e. The van der Waals surface area contributed by atoms with Crippen molar-refractivity contribution in [3.8, 4) is 5.75 Å². The summed E-state index contributed by atoms with van der Waals surface area (Å²) in [4.78, 5) is 27.9. The minimum absolute atomic E-state index is 0.0236. The standard InChI is InChI=1S/C24H28FN5O5/c1-13(28-18-6-7-30-20(29-18)17(11-27-30)21(31)32)16-9-15(25)8-14-10-24(5,34-19(14)16)12-26-22(33)35-23(2,3)4/h6-9,11,13H,10,12H2,1-5H3,(H,26,33)(H,28,29)(H,31,32)/t13-,24+/m1/s1. The molecule has 0 fully saturated rings. The van der Waals surface area contributed by atoms with Crippen LogP contribution in [0.1, 0.15) is 62.1 Å². The van der Waals surface area contributed by atoms with E-state index in [4.69, 9.17) is 9.47 Å². The lowest BCUT2D eigenvalue weighted by Gasteiger charge is -2.27. The van der Waals surface area contributed by atoms with Gasteiger partial charge in [0.1, 0.15) is 34.2 Å². The summed E-state index contributed by atoms with van der Waals surface area (Å²) in [5, 5.41) is 19.2. The first-order chi connectivity index (χ1) is 16.3. The molecule has 1 amide bonds. The molecule has 0 spiro atoms. The van der Waals surface area contributed by atoms with E-state index in [2.05, 4.69) is 20.7 Å².